The minimum Gasteiger partial charge on any atom is -0.380 e. The van der Waals surface area contributed by atoms with Crippen LogP contribution in [0.15, 0.2) is 36.4 Å². The summed E-state index contributed by atoms with van der Waals surface area (Å²) in [6.07, 6.45) is 0. The van der Waals surface area contributed by atoms with Crippen LogP contribution in [0.1, 0.15) is 11.1 Å². The molecule has 0 aliphatic heterocycles. The number of anilines is 1. The lowest BCUT2D eigenvalue weighted by Gasteiger charge is -2.09. The molecule has 0 radical (unpaired) electrons. The van der Waals surface area contributed by atoms with Crippen molar-refractivity contribution < 1.29 is 4.92 Å². The van der Waals surface area contributed by atoms with E-state index in [0.717, 1.165) is 0 Å². The van der Waals surface area contributed by atoms with E-state index in [9.17, 15) is 10.1 Å². The summed E-state index contributed by atoms with van der Waals surface area (Å²) < 4.78 is 0. The van der Waals surface area contributed by atoms with E-state index in [0.29, 0.717) is 28.4 Å². The van der Waals surface area contributed by atoms with Crippen LogP contribution in [0.5, 0.6) is 0 Å². The van der Waals surface area contributed by atoms with Gasteiger partial charge in [-0.15, -0.1) is 0 Å². The monoisotopic (exact) mass is 321 g/mol. The highest BCUT2D eigenvalue weighted by atomic mass is 35.5. The molecule has 0 spiro atoms. The number of halogens is 2. The summed E-state index contributed by atoms with van der Waals surface area (Å²) in [5.74, 6) is 0. The van der Waals surface area contributed by atoms with Gasteiger partial charge in [-0.25, -0.2) is 0 Å². The summed E-state index contributed by atoms with van der Waals surface area (Å²) in [6.45, 7) is 0.351. The molecule has 0 aliphatic rings. The number of nitrogens with zero attached hydrogens (tertiary/aromatic N) is 2. The van der Waals surface area contributed by atoms with Crippen LogP contribution in [-0.4, -0.2) is 4.92 Å². The third kappa shape index (κ3) is 3.63. The summed E-state index contributed by atoms with van der Waals surface area (Å²) in [7, 11) is 0. The number of nitro groups is 1. The number of hydrogen-bond donors (Lipinski definition) is 1. The fraction of sp³-hybridized carbons (Fsp3) is 0.0714. The quantitative estimate of drug-likeness (QED) is 0.669. The second-order valence-electron chi connectivity index (χ2n) is 4.20. The second kappa shape index (κ2) is 6.44. The first kappa shape index (κ1) is 15.1. The maximum atomic E-state index is 10.8. The fourth-order valence-corrected chi connectivity index (χ4v) is 2.17. The Bertz CT molecular complexity index is 741. The van der Waals surface area contributed by atoms with Crippen molar-refractivity contribution in [3.8, 4) is 6.07 Å². The topological polar surface area (TPSA) is 79.0 Å². The predicted octanol–water partition coefficient (Wildman–Crippen LogP) is 4.39. The van der Waals surface area contributed by atoms with Crippen LogP contribution in [0.2, 0.25) is 10.0 Å². The van der Waals surface area contributed by atoms with Crippen LogP contribution in [0.3, 0.4) is 0 Å². The molecule has 0 aliphatic carbocycles. The Hall–Kier alpha value is -2.29. The fourth-order valence-electron chi connectivity index (χ4n) is 1.73. The molecule has 5 nitrogen and oxygen atoms in total. The van der Waals surface area contributed by atoms with Crippen molar-refractivity contribution in [2.45, 2.75) is 6.54 Å². The maximum Gasteiger partial charge on any atom is 0.288 e. The molecule has 0 amide bonds. The molecule has 0 unspecified atom stereocenters. The van der Waals surface area contributed by atoms with Gasteiger partial charge in [0.05, 0.1) is 27.3 Å². The van der Waals surface area contributed by atoms with Crippen molar-refractivity contribution in [3.63, 3.8) is 0 Å². The molecular formula is C14H9Cl2N3O2. The molecule has 0 atom stereocenters. The third-order valence-electron chi connectivity index (χ3n) is 2.79. The molecular weight excluding hydrogens is 313 g/mol. The average Bonchev–Trinajstić information content (AvgIpc) is 2.47. The molecule has 0 saturated heterocycles. The number of nitriles is 1. The lowest BCUT2D eigenvalue weighted by molar-refractivity contribution is -0.384. The number of benzene rings is 2. The number of rotatable bonds is 4. The molecule has 106 valence electrons. The van der Waals surface area contributed by atoms with Crippen molar-refractivity contribution in [2.24, 2.45) is 0 Å². The van der Waals surface area contributed by atoms with Crippen LogP contribution in [0, 0.1) is 21.4 Å². The highest BCUT2D eigenvalue weighted by molar-refractivity contribution is 6.33. The first-order chi connectivity index (χ1) is 10.0. The maximum absolute atomic E-state index is 10.8. The average molecular weight is 322 g/mol. The highest BCUT2D eigenvalue weighted by Gasteiger charge is 2.12. The molecule has 1 N–H and O–H groups in total. The summed E-state index contributed by atoms with van der Waals surface area (Å²) >= 11 is 11.8. The third-order valence-corrected chi connectivity index (χ3v) is 3.42. The second-order valence-corrected chi connectivity index (χ2v) is 5.02. The Morgan fingerprint density at radius 2 is 1.95 bits per heavy atom. The lowest BCUT2D eigenvalue weighted by Crippen LogP contribution is -2.01. The van der Waals surface area contributed by atoms with Crippen molar-refractivity contribution >= 4 is 34.6 Å². The smallest absolute Gasteiger partial charge is 0.288 e. The van der Waals surface area contributed by atoms with E-state index >= 15 is 0 Å². The largest absolute Gasteiger partial charge is 0.380 e. The molecule has 7 heteroatoms. The Balaban J connectivity index is 2.15. The number of nitro benzene ring substituents is 1. The van der Waals surface area contributed by atoms with E-state index in [2.05, 4.69) is 5.32 Å². The molecule has 0 aromatic heterocycles. The molecule has 0 bridgehead atoms. The molecule has 2 rings (SSSR count). The number of nitrogens with one attached hydrogen (secondary N) is 1. The van der Waals surface area contributed by atoms with Gasteiger partial charge in [-0.1, -0.05) is 29.3 Å². The van der Waals surface area contributed by atoms with Crippen molar-refractivity contribution in [1.29, 1.82) is 5.26 Å². The number of hydrogen-bond acceptors (Lipinski definition) is 4. The van der Waals surface area contributed by atoms with Gasteiger partial charge in [-0.05, 0) is 29.8 Å². The van der Waals surface area contributed by atoms with E-state index in [1.807, 2.05) is 6.07 Å². The standard InChI is InChI=1S/C14H9Cl2N3O2/c15-11-3-1-10(6-14(11)19(20)21)8-18-13-4-2-9(7-17)5-12(13)16/h1-6,18H,8H2. The lowest BCUT2D eigenvalue weighted by atomic mass is 10.2. The van der Waals surface area contributed by atoms with Crippen molar-refractivity contribution in [3.05, 3.63) is 67.7 Å². The molecule has 2 aromatic carbocycles. The molecule has 21 heavy (non-hydrogen) atoms. The first-order valence-electron chi connectivity index (χ1n) is 5.87. The van der Waals surface area contributed by atoms with Crippen LogP contribution >= 0.6 is 23.2 Å². The Morgan fingerprint density at radius 1 is 1.19 bits per heavy atom. The van der Waals surface area contributed by atoms with Gasteiger partial charge in [0.2, 0.25) is 0 Å². The van der Waals surface area contributed by atoms with Crippen LogP contribution in [-0.2, 0) is 6.54 Å². The summed E-state index contributed by atoms with van der Waals surface area (Å²) in [5, 5.41) is 23.2. The Morgan fingerprint density at radius 3 is 2.57 bits per heavy atom. The highest BCUT2D eigenvalue weighted by Crippen LogP contribution is 2.27. The first-order valence-corrected chi connectivity index (χ1v) is 6.63. The molecule has 0 fully saturated rings. The minimum atomic E-state index is -0.527. The minimum absolute atomic E-state index is 0.0974. The van der Waals surface area contributed by atoms with Crippen LogP contribution in [0.4, 0.5) is 11.4 Å². The zero-order chi connectivity index (χ0) is 15.4. The van der Waals surface area contributed by atoms with Gasteiger partial charge in [0.1, 0.15) is 5.02 Å². The van der Waals surface area contributed by atoms with Gasteiger partial charge in [0.15, 0.2) is 0 Å². The van der Waals surface area contributed by atoms with Gasteiger partial charge in [0, 0.05) is 12.6 Å². The van der Waals surface area contributed by atoms with Crippen molar-refractivity contribution in [1.82, 2.24) is 0 Å². The van der Waals surface area contributed by atoms with Gasteiger partial charge >= 0.3 is 0 Å². The SMILES string of the molecule is N#Cc1ccc(NCc2ccc(Cl)c([N+](=O)[O-])c2)c(Cl)c1. The van der Waals surface area contributed by atoms with E-state index in [4.69, 9.17) is 28.5 Å². The molecule has 0 heterocycles. The molecule has 0 saturated carbocycles. The zero-order valence-electron chi connectivity index (χ0n) is 10.6. The van der Waals surface area contributed by atoms with Crippen molar-refractivity contribution in [2.75, 3.05) is 5.32 Å². The normalized spacial score (nSPS) is 9.95. The Kier molecular flexibility index (Phi) is 4.63. The predicted molar refractivity (Wildman–Crippen MR) is 81.6 cm³/mol. The summed E-state index contributed by atoms with van der Waals surface area (Å²) in [6, 6.07) is 11.5. The summed E-state index contributed by atoms with van der Waals surface area (Å²) in [5.41, 5.74) is 1.68. The van der Waals surface area contributed by atoms with E-state index < -0.39 is 4.92 Å². The summed E-state index contributed by atoms with van der Waals surface area (Å²) in [4.78, 5) is 10.3. The zero-order valence-corrected chi connectivity index (χ0v) is 12.1. The van der Waals surface area contributed by atoms with Gasteiger partial charge in [-0.2, -0.15) is 5.26 Å². The van der Waals surface area contributed by atoms with Crippen LogP contribution in [0.25, 0.3) is 0 Å². The van der Waals surface area contributed by atoms with E-state index in [1.165, 1.54) is 12.1 Å². The Labute approximate surface area is 130 Å². The molecule has 2 aromatic rings. The van der Waals surface area contributed by atoms with E-state index in [-0.39, 0.29) is 10.7 Å². The van der Waals surface area contributed by atoms with Gasteiger partial charge in [0.25, 0.3) is 5.69 Å². The van der Waals surface area contributed by atoms with Gasteiger partial charge < -0.3 is 5.32 Å². The van der Waals surface area contributed by atoms with E-state index in [1.54, 1.807) is 24.3 Å². The van der Waals surface area contributed by atoms with Crippen LogP contribution < -0.4 is 5.32 Å². The van der Waals surface area contributed by atoms with Gasteiger partial charge in [-0.3, -0.25) is 10.1 Å².